The molecule has 3 unspecified atom stereocenters. The van der Waals surface area contributed by atoms with Crippen LogP contribution in [0.4, 0.5) is 4.39 Å². The van der Waals surface area contributed by atoms with E-state index in [-0.39, 0.29) is 11.7 Å². The molecule has 0 N–H and O–H groups in total. The van der Waals surface area contributed by atoms with E-state index in [9.17, 15) is 4.39 Å². The zero-order valence-corrected chi connectivity index (χ0v) is 8.39. The molecule has 0 aromatic heterocycles. The summed E-state index contributed by atoms with van der Waals surface area (Å²) in [4.78, 5) is 0. The molecule has 0 aromatic rings. The van der Waals surface area contributed by atoms with Crippen LogP contribution in [0.3, 0.4) is 0 Å². The molecule has 1 heteroatoms. The monoisotopic (exact) mass is 180 g/mol. The number of halogens is 1. The molecule has 2 aliphatic carbocycles. The zero-order valence-electron chi connectivity index (χ0n) is 8.39. The number of hydrogen-bond acceptors (Lipinski definition) is 0. The zero-order chi connectivity index (χ0) is 9.42. The summed E-state index contributed by atoms with van der Waals surface area (Å²) in [5.41, 5.74) is 0.843. The average molecular weight is 180 g/mol. The molecule has 0 aromatic carbocycles. The van der Waals surface area contributed by atoms with Crippen LogP contribution in [0.25, 0.3) is 0 Å². The molecule has 3 atom stereocenters. The summed E-state index contributed by atoms with van der Waals surface area (Å²) in [5.74, 6) is 1.62. The summed E-state index contributed by atoms with van der Waals surface area (Å²) < 4.78 is 13.7. The Morgan fingerprint density at radius 1 is 1.38 bits per heavy atom. The Kier molecular flexibility index (Phi) is 2.27. The highest BCUT2D eigenvalue weighted by atomic mass is 19.1. The van der Waals surface area contributed by atoms with Gasteiger partial charge in [-0.05, 0) is 37.2 Å². The van der Waals surface area contributed by atoms with Crippen LogP contribution in [-0.2, 0) is 0 Å². The van der Waals surface area contributed by atoms with E-state index < -0.39 is 0 Å². The van der Waals surface area contributed by atoms with Crippen molar-refractivity contribution in [2.45, 2.75) is 33.1 Å². The second-order valence-corrected chi connectivity index (χ2v) is 4.58. The molecule has 13 heavy (non-hydrogen) atoms. The Hall–Kier alpha value is -0.590. The quantitative estimate of drug-likeness (QED) is 0.531. The number of rotatable bonds is 0. The largest absolute Gasteiger partial charge is 0.211 e. The third-order valence-electron chi connectivity index (χ3n) is 3.46. The molecule has 1 saturated carbocycles. The Labute approximate surface area is 79.5 Å². The van der Waals surface area contributed by atoms with Crippen LogP contribution in [0.5, 0.6) is 0 Å². The molecule has 0 radical (unpaired) electrons. The molecule has 0 bridgehead atoms. The van der Waals surface area contributed by atoms with Crippen molar-refractivity contribution >= 4 is 0 Å². The van der Waals surface area contributed by atoms with Crippen LogP contribution < -0.4 is 0 Å². The molecular weight excluding hydrogens is 163 g/mol. The minimum absolute atomic E-state index is 0.152. The Balaban J connectivity index is 2.19. The van der Waals surface area contributed by atoms with E-state index in [1.807, 2.05) is 13.0 Å². The molecule has 0 heterocycles. The van der Waals surface area contributed by atoms with Crippen molar-refractivity contribution in [3.8, 4) is 0 Å². The second kappa shape index (κ2) is 3.28. The van der Waals surface area contributed by atoms with Gasteiger partial charge in [-0.2, -0.15) is 0 Å². The van der Waals surface area contributed by atoms with E-state index in [1.54, 1.807) is 0 Å². The lowest BCUT2D eigenvalue weighted by atomic mass is 9.71. The highest BCUT2D eigenvalue weighted by Gasteiger charge is 2.32. The molecular formula is C12H17F. The van der Waals surface area contributed by atoms with Crippen LogP contribution in [0.15, 0.2) is 23.6 Å². The molecule has 2 rings (SSSR count). The lowest BCUT2D eigenvalue weighted by molar-refractivity contribution is 0.225. The van der Waals surface area contributed by atoms with Gasteiger partial charge in [-0.25, -0.2) is 4.39 Å². The van der Waals surface area contributed by atoms with E-state index in [4.69, 9.17) is 0 Å². The summed E-state index contributed by atoms with van der Waals surface area (Å²) in [6, 6.07) is 0. The number of fused-ring (bicyclic) bond motifs is 1. The van der Waals surface area contributed by atoms with E-state index in [2.05, 4.69) is 13.0 Å². The minimum atomic E-state index is 0.152. The third kappa shape index (κ3) is 1.56. The van der Waals surface area contributed by atoms with Crippen molar-refractivity contribution in [3.05, 3.63) is 23.6 Å². The third-order valence-corrected chi connectivity index (χ3v) is 3.46. The smallest absolute Gasteiger partial charge is 0.106 e. The fourth-order valence-corrected chi connectivity index (χ4v) is 2.59. The highest BCUT2D eigenvalue weighted by molar-refractivity contribution is 5.28. The van der Waals surface area contributed by atoms with Gasteiger partial charge in [-0.3, -0.25) is 0 Å². The Morgan fingerprint density at radius 2 is 2.15 bits per heavy atom. The van der Waals surface area contributed by atoms with E-state index in [1.165, 1.54) is 12.8 Å². The van der Waals surface area contributed by atoms with Crippen molar-refractivity contribution in [1.82, 2.24) is 0 Å². The minimum Gasteiger partial charge on any atom is -0.211 e. The molecule has 0 aliphatic heterocycles. The summed E-state index contributed by atoms with van der Waals surface area (Å²) in [5, 5.41) is 0. The van der Waals surface area contributed by atoms with Gasteiger partial charge in [0, 0.05) is 5.92 Å². The van der Waals surface area contributed by atoms with Gasteiger partial charge in [0.05, 0.1) is 0 Å². The topological polar surface area (TPSA) is 0 Å². The van der Waals surface area contributed by atoms with Crippen molar-refractivity contribution < 1.29 is 4.39 Å². The van der Waals surface area contributed by atoms with Crippen LogP contribution >= 0.6 is 0 Å². The van der Waals surface area contributed by atoms with Gasteiger partial charge >= 0.3 is 0 Å². The van der Waals surface area contributed by atoms with Crippen LogP contribution in [-0.4, -0.2) is 0 Å². The maximum absolute atomic E-state index is 13.7. The number of allylic oxidation sites excluding steroid dienone is 4. The lowest BCUT2D eigenvalue weighted by Gasteiger charge is -2.34. The first-order valence-electron chi connectivity index (χ1n) is 5.23. The maximum atomic E-state index is 13.7. The number of hydrogen-bond donors (Lipinski definition) is 0. The van der Waals surface area contributed by atoms with Crippen molar-refractivity contribution in [2.75, 3.05) is 0 Å². The SMILES string of the molecule is CC1=C(F)C2CCC(C)CC2C=C1. The van der Waals surface area contributed by atoms with Gasteiger partial charge < -0.3 is 0 Å². The first-order valence-corrected chi connectivity index (χ1v) is 5.23. The van der Waals surface area contributed by atoms with E-state index >= 15 is 0 Å². The van der Waals surface area contributed by atoms with Crippen LogP contribution in [0.1, 0.15) is 33.1 Å². The molecule has 0 saturated heterocycles. The average Bonchev–Trinajstić information content (AvgIpc) is 2.12. The molecule has 1 fully saturated rings. The first kappa shape index (κ1) is 8.98. The summed E-state index contributed by atoms with van der Waals surface area (Å²) in [6.45, 7) is 4.15. The van der Waals surface area contributed by atoms with Gasteiger partial charge in [0.2, 0.25) is 0 Å². The molecule has 2 aliphatic rings. The Bertz CT molecular complexity index is 262. The van der Waals surface area contributed by atoms with Gasteiger partial charge in [-0.15, -0.1) is 0 Å². The van der Waals surface area contributed by atoms with Crippen molar-refractivity contribution in [3.63, 3.8) is 0 Å². The Morgan fingerprint density at radius 3 is 2.92 bits per heavy atom. The van der Waals surface area contributed by atoms with Crippen LogP contribution in [0.2, 0.25) is 0 Å². The molecule has 0 nitrogen and oxygen atoms in total. The van der Waals surface area contributed by atoms with Gasteiger partial charge in [0.25, 0.3) is 0 Å². The molecule has 0 spiro atoms. The predicted octanol–water partition coefficient (Wildman–Crippen LogP) is 3.85. The highest BCUT2D eigenvalue weighted by Crippen LogP contribution is 2.42. The van der Waals surface area contributed by atoms with E-state index in [0.717, 1.165) is 17.9 Å². The second-order valence-electron chi connectivity index (χ2n) is 4.58. The predicted molar refractivity (Wildman–Crippen MR) is 52.9 cm³/mol. The first-order chi connectivity index (χ1) is 6.18. The van der Waals surface area contributed by atoms with Crippen molar-refractivity contribution in [1.29, 1.82) is 0 Å². The fourth-order valence-electron chi connectivity index (χ4n) is 2.59. The fraction of sp³-hybridized carbons (Fsp3) is 0.667. The lowest BCUT2D eigenvalue weighted by Crippen LogP contribution is -2.25. The molecule has 0 amide bonds. The standard InChI is InChI=1S/C12H17F/c1-8-3-6-11-10(7-8)5-4-9(2)12(11)13/h4-5,8,10-11H,3,6-7H2,1-2H3. The van der Waals surface area contributed by atoms with Gasteiger partial charge in [-0.1, -0.05) is 25.5 Å². The maximum Gasteiger partial charge on any atom is 0.106 e. The summed E-state index contributed by atoms with van der Waals surface area (Å²) in [6.07, 6.45) is 7.56. The van der Waals surface area contributed by atoms with Gasteiger partial charge in [0.15, 0.2) is 0 Å². The van der Waals surface area contributed by atoms with Gasteiger partial charge in [0.1, 0.15) is 5.83 Å². The molecule has 72 valence electrons. The summed E-state index contributed by atoms with van der Waals surface area (Å²) >= 11 is 0. The van der Waals surface area contributed by atoms with E-state index in [0.29, 0.717) is 5.92 Å². The van der Waals surface area contributed by atoms with Crippen molar-refractivity contribution in [2.24, 2.45) is 17.8 Å². The van der Waals surface area contributed by atoms with Crippen LogP contribution in [0, 0.1) is 17.8 Å². The summed E-state index contributed by atoms with van der Waals surface area (Å²) in [7, 11) is 0. The normalized spacial score (nSPS) is 39.2.